The molecule has 14 heavy (non-hydrogen) atoms. The lowest BCUT2D eigenvalue weighted by Gasteiger charge is -2.05. The summed E-state index contributed by atoms with van der Waals surface area (Å²) in [7, 11) is 0. The van der Waals surface area contributed by atoms with E-state index < -0.39 is 0 Å². The Labute approximate surface area is 87.4 Å². The predicted molar refractivity (Wildman–Crippen MR) is 60.2 cm³/mol. The first-order valence-electron chi connectivity index (χ1n) is 4.51. The van der Waals surface area contributed by atoms with Crippen LogP contribution < -0.4 is 0 Å². The number of aryl methyl sites for hydroxylation is 1. The van der Waals surface area contributed by atoms with Crippen LogP contribution in [0.25, 0.3) is 0 Å². The van der Waals surface area contributed by atoms with E-state index >= 15 is 0 Å². The Balaban J connectivity index is 2.22. The first-order chi connectivity index (χ1) is 6.77. The third-order valence-electron chi connectivity index (χ3n) is 2.17. The van der Waals surface area contributed by atoms with Crippen LogP contribution in [0, 0.1) is 6.92 Å². The summed E-state index contributed by atoms with van der Waals surface area (Å²) in [6, 6.07) is 7.51. The molecule has 0 aliphatic carbocycles. The van der Waals surface area contributed by atoms with E-state index in [0.717, 1.165) is 16.9 Å². The quantitative estimate of drug-likeness (QED) is 0.693. The molecule has 0 saturated heterocycles. The molecule has 0 radical (unpaired) electrons. The zero-order valence-electron chi connectivity index (χ0n) is 7.93. The van der Waals surface area contributed by atoms with Gasteiger partial charge in [0.15, 0.2) is 5.78 Å². The van der Waals surface area contributed by atoms with Crippen molar-refractivity contribution < 1.29 is 4.79 Å². The summed E-state index contributed by atoms with van der Waals surface area (Å²) in [5, 5.41) is 0. The summed E-state index contributed by atoms with van der Waals surface area (Å²) in [6.45, 7) is 1.99. The first-order valence-corrected chi connectivity index (χ1v) is 5.56. The number of ketones is 1. The minimum Gasteiger partial charge on any atom is -0.292 e. The van der Waals surface area contributed by atoms with Gasteiger partial charge in [-0.25, -0.2) is 0 Å². The van der Waals surface area contributed by atoms with Crippen LogP contribution in [0.5, 0.6) is 0 Å². The van der Waals surface area contributed by atoms with Gasteiger partial charge in [0.05, 0.1) is 5.55 Å². The summed E-state index contributed by atoms with van der Waals surface area (Å²) in [4.78, 5) is 16.0. The number of thioether (sulfide) groups is 1. The van der Waals surface area contributed by atoms with Gasteiger partial charge in [-0.1, -0.05) is 23.8 Å². The average molecular weight is 205 g/mol. The lowest BCUT2D eigenvalue weighted by Crippen LogP contribution is -2.18. The number of nitrogens with zero attached hydrogens (tertiary/aromatic N) is 1. The molecule has 1 aliphatic heterocycles. The summed E-state index contributed by atoms with van der Waals surface area (Å²) in [5.41, 5.74) is 3.65. The van der Waals surface area contributed by atoms with Crippen molar-refractivity contribution in [1.82, 2.24) is 0 Å². The highest BCUT2D eigenvalue weighted by Crippen LogP contribution is 2.16. The molecule has 0 aromatic heterocycles. The molecule has 1 unspecified atom stereocenters. The summed E-state index contributed by atoms with van der Waals surface area (Å²) in [5.74, 6) is 0.919. The molecule has 1 aliphatic rings. The molecule has 0 N–H and O–H groups in total. The minimum atomic E-state index is -0.165. The van der Waals surface area contributed by atoms with Crippen molar-refractivity contribution in [1.29, 1.82) is 0 Å². The van der Waals surface area contributed by atoms with Gasteiger partial charge < -0.3 is 0 Å². The van der Waals surface area contributed by atoms with Crippen LogP contribution >= 0.6 is 11.8 Å². The number of hydrogen-bond acceptors (Lipinski definition) is 3. The second-order valence-corrected chi connectivity index (χ2v) is 4.21. The van der Waals surface area contributed by atoms with E-state index in [2.05, 4.69) is 4.99 Å². The smallest absolute Gasteiger partial charge is 0.188 e. The molecule has 3 heteroatoms. The summed E-state index contributed by atoms with van der Waals surface area (Å²) < 4.78 is 0. The number of rotatable bonds is 2. The van der Waals surface area contributed by atoms with E-state index in [-0.39, 0.29) is 11.8 Å². The lowest BCUT2D eigenvalue weighted by atomic mass is 10.0. The van der Waals surface area contributed by atoms with Crippen molar-refractivity contribution in [3.05, 3.63) is 35.4 Å². The number of benzene rings is 1. The average Bonchev–Trinajstić information content (AvgIpc) is 2.69. The van der Waals surface area contributed by atoms with Gasteiger partial charge in [0.1, 0.15) is 6.04 Å². The Morgan fingerprint density at radius 1 is 1.57 bits per heavy atom. The van der Waals surface area contributed by atoms with E-state index in [0.29, 0.717) is 0 Å². The third-order valence-corrected chi connectivity index (χ3v) is 2.95. The van der Waals surface area contributed by atoms with Gasteiger partial charge in [0.25, 0.3) is 0 Å². The zero-order valence-corrected chi connectivity index (χ0v) is 8.75. The molecular formula is C11H11NOS. The van der Waals surface area contributed by atoms with Gasteiger partial charge in [-0.2, -0.15) is 0 Å². The highest BCUT2D eigenvalue weighted by atomic mass is 32.2. The van der Waals surface area contributed by atoms with E-state index in [9.17, 15) is 4.79 Å². The number of aliphatic imine (C=N–C) groups is 1. The number of carbonyl (C=O) groups is 1. The molecule has 1 aromatic carbocycles. The topological polar surface area (TPSA) is 29.4 Å². The zero-order chi connectivity index (χ0) is 9.97. The minimum absolute atomic E-state index is 0.134. The predicted octanol–water partition coefficient (Wildman–Crippen LogP) is 2.32. The Hall–Kier alpha value is -1.09. The number of carbonyl (C=O) groups excluding carboxylic acids is 1. The summed E-state index contributed by atoms with van der Waals surface area (Å²) in [6.07, 6.45) is 0. The fourth-order valence-electron chi connectivity index (χ4n) is 1.43. The van der Waals surface area contributed by atoms with E-state index in [4.69, 9.17) is 0 Å². The van der Waals surface area contributed by atoms with E-state index in [1.165, 1.54) is 0 Å². The van der Waals surface area contributed by atoms with E-state index in [1.54, 1.807) is 17.3 Å². The third kappa shape index (κ3) is 1.87. The lowest BCUT2D eigenvalue weighted by molar-refractivity contribution is 0.0971. The molecule has 0 saturated carbocycles. The Kier molecular flexibility index (Phi) is 2.68. The van der Waals surface area contributed by atoms with Gasteiger partial charge in [-0.3, -0.25) is 9.79 Å². The Morgan fingerprint density at radius 2 is 2.43 bits per heavy atom. The fourth-order valence-corrected chi connectivity index (χ4v) is 2.17. The van der Waals surface area contributed by atoms with Crippen LogP contribution in [0.15, 0.2) is 29.3 Å². The molecule has 1 aromatic rings. The van der Waals surface area contributed by atoms with Crippen molar-refractivity contribution in [2.75, 3.05) is 5.75 Å². The Bertz CT molecular complexity index is 387. The molecule has 1 atom stereocenters. The van der Waals surface area contributed by atoms with Crippen LogP contribution in [0.3, 0.4) is 0 Å². The van der Waals surface area contributed by atoms with Gasteiger partial charge in [-0.05, 0) is 13.0 Å². The number of Topliss-reactive ketones (excluding diaryl/α,β-unsaturated/α-hetero) is 1. The Morgan fingerprint density at radius 3 is 3.07 bits per heavy atom. The molecule has 2 rings (SSSR count). The molecule has 0 amide bonds. The maximum atomic E-state index is 11.9. The monoisotopic (exact) mass is 205 g/mol. The number of hydrogen-bond donors (Lipinski definition) is 0. The largest absolute Gasteiger partial charge is 0.292 e. The standard InChI is InChI=1S/C11H11NOS/c1-8-3-2-4-9(5-8)11(13)10-6-14-7-12-10/h2-5,7,10H,6H2,1H3. The SMILES string of the molecule is Cc1cccc(C(=O)C2CSC=N2)c1. The van der Waals surface area contributed by atoms with Crippen LogP contribution in [0.4, 0.5) is 0 Å². The van der Waals surface area contributed by atoms with Crippen molar-refractivity contribution in [3.8, 4) is 0 Å². The van der Waals surface area contributed by atoms with Gasteiger partial charge >= 0.3 is 0 Å². The van der Waals surface area contributed by atoms with Gasteiger partial charge in [-0.15, -0.1) is 11.8 Å². The molecule has 0 fully saturated rings. The molecule has 2 nitrogen and oxygen atoms in total. The second-order valence-electron chi connectivity index (χ2n) is 3.34. The normalized spacial score (nSPS) is 19.9. The maximum absolute atomic E-state index is 11.9. The maximum Gasteiger partial charge on any atom is 0.188 e. The molecule has 1 heterocycles. The summed E-state index contributed by atoms with van der Waals surface area (Å²) >= 11 is 1.60. The molecule has 0 bridgehead atoms. The second kappa shape index (κ2) is 3.96. The van der Waals surface area contributed by atoms with Crippen molar-refractivity contribution in [2.45, 2.75) is 13.0 Å². The van der Waals surface area contributed by atoms with Crippen molar-refractivity contribution in [2.24, 2.45) is 4.99 Å². The highest BCUT2D eigenvalue weighted by Gasteiger charge is 2.21. The van der Waals surface area contributed by atoms with Gasteiger partial charge in [0.2, 0.25) is 0 Å². The molecule has 72 valence electrons. The van der Waals surface area contributed by atoms with E-state index in [1.807, 2.05) is 31.2 Å². The van der Waals surface area contributed by atoms with Crippen molar-refractivity contribution >= 4 is 23.1 Å². The fraction of sp³-hybridized carbons (Fsp3) is 0.273. The van der Waals surface area contributed by atoms with Crippen molar-refractivity contribution in [3.63, 3.8) is 0 Å². The van der Waals surface area contributed by atoms with Crippen LogP contribution in [0.2, 0.25) is 0 Å². The first kappa shape index (κ1) is 9.46. The van der Waals surface area contributed by atoms with Crippen LogP contribution in [0.1, 0.15) is 15.9 Å². The molecular weight excluding hydrogens is 194 g/mol. The molecule has 0 spiro atoms. The highest BCUT2D eigenvalue weighted by molar-refractivity contribution is 8.12. The van der Waals surface area contributed by atoms with Crippen LogP contribution in [-0.2, 0) is 0 Å². The van der Waals surface area contributed by atoms with Crippen LogP contribution in [-0.4, -0.2) is 23.1 Å². The van der Waals surface area contributed by atoms with Gasteiger partial charge in [0, 0.05) is 11.3 Å².